The van der Waals surface area contributed by atoms with Crippen LogP contribution in [-0.4, -0.2) is 36.2 Å². The molecule has 1 aromatic heterocycles. The number of nitro groups is 1. The van der Waals surface area contributed by atoms with Gasteiger partial charge in [-0.3, -0.25) is 10.1 Å². The Hall–Kier alpha value is -3.56. The number of hydrogen-bond donors (Lipinski definition) is 0. The number of benzene rings is 1. The van der Waals surface area contributed by atoms with E-state index in [2.05, 4.69) is 9.72 Å². The summed E-state index contributed by atoms with van der Waals surface area (Å²) in [5, 5.41) is 10.9. The second-order valence-corrected chi connectivity index (χ2v) is 5.19. The summed E-state index contributed by atoms with van der Waals surface area (Å²) < 4.78 is 39.8. The first-order valence-corrected chi connectivity index (χ1v) is 7.98. The van der Waals surface area contributed by atoms with Crippen molar-refractivity contribution in [1.82, 2.24) is 4.98 Å². The molecule has 0 radical (unpaired) electrons. The molecular weight excluding hydrogens is 378 g/mol. The van der Waals surface area contributed by atoms with Crippen LogP contribution in [-0.2, 0) is 4.74 Å². The second kappa shape index (κ2) is 9.40. The lowest BCUT2D eigenvalue weighted by molar-refractivity contribution is -0.385. The lowest BCUT2D eigenvalue weighted by Gasteiger charge is -2.12. The first-order chi connectivity index (χ1) is 13.4. The van der Waals surface area contributed by atoms with Gasteiger partial charge in [0.25, 0.3) is 5.69 Å². The van der Waals surface area contributed by atoms with E-state index in [4.69, 9.17) is 9.47 Å². The van der Waals surface area contributed by atoms with E-state index in [9.17, 15) is 23.7 Å². The molecule has 0 aliphatic heterocycles. The fourth-order valence-electron chi connectivity index (χ4n) is 2.28. The summed E-state index contributed by atoms with van der Waals surface area (Å²) in [5.74, 6) is -0.909. The summed E-state index contributed by atoms with van der Waals surface area (Å²) in [6.07, 6.45) is 3.69. The number of carbonyl (C=O) groups excluding carboxylic acids is 1. The van der Waals surface area contributed by atoms with Crippen LogP contribution in [0, 0.1) is 10.1 Å². The average molecular weight is 394 g/mol. The summed E-state index contributed by atoms with van der Waals surface area (Å²) in [6, 6.07) is 5.54. The van der Waals surface area contributed by atoms with Crippen LogP contribution >= 0.6 is 0 Å². The molecule has 28 heavy (non-hydrogen) atoms. The molecule has 2 rings (SSSR count). The van der Waals surface area contributed by atoms with E-state index in [-0.39, 0.29) is 40.6 Å². The number of para-hydroxylation sites is 1. The smallest absolute Gasteiger partial charge is 0.387 e. The molecule has 0 unspecified atom stereocenters. The van der Waals surface area contributed by atoms with E-state index in [1.54, 1.807) is 13.0 Å². The Labute approximate surface area is 158 Å². The number of hydrogen-bond acceptors (Lipinski definition) is 7. The number of methoxy groups -OCH3 is 1. The number of carbonyl (C=O) groups is 1. The number of pyridine rings is 1. The maximum absolute atomic E-state index is 12.7. The SMILES string of the molecule is CCOC(=O)c1cc([N+](=O)[O-])cnc1/C=C/c1cccc(OC)c1OC(F)F. The van der Waals surface area contributed by atoms with E-state index in [1.807, 2.05) is 0 Å². The third-order valence-electron chi connectivity index (χ3n) is 3.47. The topological polar surface area (TPSA) is 101 Å². The number of rotatable bonds is 8. The van der Waals surface area contributed by atoms with Crippen LogP contribution in [0.4, 0.5) is 14.5 Å². The van der Waals surface area contributed by atoms with E-state index in [0.29, 0.717) is 0 Å². The van der Waals surface area contributed by atoms with Gasteiger partial charge in [0.05, 0.1) is 29.9 Å². The van der Waals surface area contributed by atoms with Crippen molar-refractivity contribution >= 4 is 23.8 Å². The molecule has 0 fully saturated rings. The monoisotopic (exact) mass is 394 g/mol. The Morgan fingerprint density at radius 1 is 1.36 bits per heavy atom. The highest BCUT2D eigenvalue weighted by Gasteiger charge is 2.18. The van der Waals surface area contributed by atoms with Gasteiger partial charge in [-0.25, -0.2) is 9.78 Å². The Kier molecular flexibility index (Phi) is 6.96. The minimum absolute atomic E-state index is 0.0624. The van der Waals surface area contributed by atoms with Crippen LogP contribution in [0.25, 0.3) is 12.2 Å². The molecule has 0 aliphatic rings. The van der Waals surface area contributed by atoms with Gasteiger partial charge in [0, 0.05) is 11.6 Å². The van der Waals surface area contributed by atoms with E-state index >= 15 is 0 Å². The molecule has 1 heterocycles. The fraction of sp³-hybridized carbons (Fsp3) is 0.222. The zero-order chi connectivity index (χ0) is 20.7. The highest BCUT2D eigenvalue weighted by Crippen LogP contribution is 2.33. The molecule has 0 amide bonds. The lowest BCUT2D eigenvalue weighted by atomic mass is 10.1. The second-order valence-electron chi connectivity index (χ2n) is 5.19. The van der Waals surface area contributed by atoms with Crippen molar-refractivity contribution in [3.8, 4) is 11.5 Å². The maximum atomic E-state index is 12.7. The zero-order valence-corrected chi connectivity index (χ0v) is 14.9. The number of esters is 1. The van der Waals surface area contributed by atoms with Crippen LogP contribution in [0.3, 0.4) is 0 Å². The van der Waals surface area contributed by atoms with Crippen molar-refractivity contribution in [3.63, 3.8) is 0 Å². The van der Waals surface area contributed by atoms with Crippen molar-refractivity contribution in [1.29, 1.82) is 0 Å². The normalized spacial score (nSPS) is 10.9. The molecule has 0 bridgehead atoms. The standard InChI is InChI=1S/C18H16F2N2O6/c1-3-27-17(23)13-9-12(22(24)25)10-21-14(13)8-7-11-5-4-6-15(26-2)16(11)28-18(19)20/h4-10,18H,3H2,1-2H3/b8-7+. The van der Waals surface area contributed by atoms with Gasteiger partial charge in [-0.1, -0.05) is 12.1 Å². The first-order valence-electron chi connectivity index (χ1n) is 7.98. The van der Waals surface area contributed by atoms with Crippen LogP contribution in [0.1, 0.15) is 28.5 Å². The van der Waals surface area contributed by atoms with Crippen LogP contribution in [0.5, 0.6) is 11.5 Å². The number of ether oxygens (including phenoxy) is 3. The maximum Gasteiger partial charge on any atom is 0.387 e. The minimum atomic E-state index is -3.07. The molecule has 0 N–H and O–H groups in total. The van der Waals surface area contributed by atoms with E-state index < -0.39 is 17.5 Å². The third-order valence-corrected chi connectivity index (χ3v) is 3.47. The summed E-state index contributed by atoms with van der Waals surface area (Å²) in [6.45, 7) is -1.42. The van der Waals surface area contributed by atoms with Crippen LogP contribution < -0.4 is 9.47 Å². The molecule has 8 nitrogen and oxygen atoms in total. The number of nitrogens with zero attached hydrogens (tertiary/aromatic N) is 2. The van der Waals surface area contributed by atoms with Gasteiger partial charge in [-0.05, 0) is 25.1 Å². The Balaban J connectivity index is 2.49. The highest BCUT2D eigenvalue weighted by molar-refractivity contribution is 5.94. The van der Waals surface area contributed by atoms with Crippen LogP contribution in [0.15, 0.2) is 30.5 Å². The van der Waals surface area contributed by atoms with Gasteiger partial charge < -0.3 is 14.2 Å². The van der Waals surface area contributed by atoms with Crippen molar-refractivity contribution in [3.05, 3.63) is 57.4 Å². The molecule has 1 aromatic carbocycles. The summed E-state index contributed by atoms with van der Waals surface area (Å²) in [5.41, 5.74) is -0.223. The van der Waals surface area contributed by atoms with Crippen molar-refractivity contribution in [2.45, 2.75) is 13.5 Å². The minimum Gasteiger partial charge on any atom is -0.493 e. The summed E-state index contributed by atoms with van der Waals surface area (Å²) >= 11 is 0. The van der Waals surface area contributed by atoms with Crippen molar-refractivity contribution in [2.75, 3.05) is 13.7 Å². The summed E-state index contributed by atoms with van der Waals surface area (Å²) in [4.78, 5) is 26.2. The molecular formula is C18H16F2N2O6. The molecule has 0 saturated carbocycles. The quantitative estimate of drug-likeness (QED) is 0.380. The molecule has 0 saturated heterocycles. The zero-order valence-electron chi connectivity index (χ0n) is 14.9. The highest BCUT2D eigenvalue weighted by atomic mass is 19.3. The van der Waals surface area contributed by atoms with Gasteiger partial charge >= 0.3 is 12.6 Å². The number of alkyl halides is 2. The van der Waals surface area contributed by atoms with Gasteiger partial charge in [0.2, 0.25) is 0 Å². The van der Waals surface area contributed by atoms with E-state index in [1.165, 1.54) is 31.4 Å². The predicted molar refractivity (Wildman–Crippen MR) is 95.4 cm³/mol. The van der Waals surface area contributed by atoms with Gasteiger partial charge in [-0.2, -0.15) is 8.78 Å². The number of aromatic nitrogens is 1. The molecule has 0 aliphatic carbocycles. The molecule has 0 spiro atoms. The van der Waals surface area contributed by atoms with Gasteiger partial charge in [0.15, 0.2) is 11.5 Å². The predicted octanol–water partition coefficient (Wildman–Crippen LogP) is 3.95. The Bertz CT molecular complexity index is 902. The molecule has 2 aromatic rings. The molecule has 10 heteroatoms. The van der Waals surface area contributed by atoms with Gasteiger partial charge in [-0.15, -0.1) is 0 Å². The van der Waals surface area contributed by atoms with Crippen molar-refractivity contribution < 1.29 is 32.7 Å². The van der Waals surface area contributed by atoms with E-state index in [0.717, 1.165) is 12.3 Å². The largest absolute Gasteiger partial charge is 0.493 e. The van der Waals surface area contributed by atoms with Crippen LogP contribution in [0.2, 0.25) is 0 Å². The average Bonchev–Trinajstić information content (AvgIpc) is 2.66. The Morgan fingerprint density at radius 2 is 2.11 bits per heavy atom. The van der Waals surface area contributed by atoms with Crippen molar-refractivity contribution in [2.24, 2.45) is 0 Å². The Morgan fingerprint density at radius 3 is 2.71 bits per heavy atom. The molecule has 0 atom stereocenters. The molecule has 148 valence electrons. The fourth-order valence-corrected chi connectivity index (χ4v) is 2.28. The lowest BCUT2D eigenvalue weighted by Crippen LogP contribution is -2.08. The first kappa shape index (κ1) is 20.7. The third kappa shape index (κ3) is 5.00. The summed E-state index contributed by atoms with van der Waals surface area (Å²) in [7, 11) is 1.30. The number of halogens is 2. The van der Waals surface area contributed by atoms with Gasteiger partial charge in [0.1, 0.15) is 6.20 Å².